The Labute approximate surface area is 109 Å². The third kappa shape index (κ3) is 3.61. The van der Waals surface area contributed by atoms with Gasteiger partial charge in [0.1, 0.15) is 5.69 Å². The number of hydrogen-bond donors (Lipinski definition) is 3. The van der Waals surface area contributed by atoms with Crippen molar-refractivity contribution in [1.29, 1.82) is 0 Å². The first-order valence-electron chi connectivity index (χ1n) is 5.16. The first-order valence-corrected chi connectivity index (χ1v) is 6.65. The van der Waals surface area contributed by atoms with Crippen molar-refractivity contribution in [2.24, 2.45) is 5.84 Å². The molecular formula is C9H14N4O5S. The van der Waals surface area contributed by atoms with E-state index >= 15 is 0 Å². The Kier molecular flexibility index (Phi) is 5.18. The maximum atomic E-state index is 12.0. The van der Waals surface area contributed by atoms with Crippen LogP contribution in [0.1, 0.15) is 0 Å². The number of methoxy groups -OCH3 is 1. The largest absolute Gasteiger partial charge is 0.383 e. The van der Waals surface area contributed by atoms with Gasteiger partial charge in [-0.15, -0.1) is 0 Å². The Hall–Kier alpha value is -1.75. The monoisotopic (exact) mass is 290 g/mol. The van der Waals surface area contributed by atoms with E-state index in [0.717, 1.165) is 6.07 Å². The number of benzene rings is 1. The van der Waals surface area contributed by atoms with Crippen LogP contribution in [0, 0.1) is 10.1 Å². The SMILES string of the molecule is COCCNS(=O)(=O)c1cccc(NN)c1[N+](=O)[O-]. The Bertz CT molecular complexity index is 560. The Morgan fingerprint density at radius 2 is 2.16 bits per heavy atom. The minimum absolute atomic E-state index is 0.0102. The fourth-order valence-corrected chi connectivity index (χ4v) is 2.60. The third-order valence-corrected chi connectivity index (χ3v) is 3.72. The number of nitrogen functional groups attached to an aromatic ring is 1. The first-order chi connectivity index (χ1) is 8.94. The molecule has 106 valence electrons. The highest BCUT2D eigenvalue weighted by Gasteiger charge is 2.28. The number of ether oxygens (including phenoxy) is 1. The molecule has 0 heterocycles. The van der Waals surface area contributed by atoms with E-state index < -0.39 is 25.5 Å². The van der Waals surface area contributed by atoms with Crippen LogP contribution in [0.2, 0.25) is 0 Å². The van der Waals surface area contributed by atoms with Crippen LogP contribution in [0.15, 0.2) is 23.1 Å². The van der Waals surface area contributed by atoms with Gasteiger partial charge in [0.15, 0.2) is 4.90 Å². The van der Waals surface area contributed by atoms with Crippen molar-refractivity contribution < 1.29 is 18.1 Å². The van der Waals surface area contributed by atoms with Crippen LogP contribution in [0.3, 0.4) is 0 Å². The molecule has 0 unspecified atom stereocenters. The summed E-state index contributed by atoms with van der Waals surface area (Å²) < 4.78 is 30.8. The Morgan fingerprint density at radius 3 is 2.68 bits per heavy atom. The minimum atomic E-state index is -4.01. The summed E-state index contributed by atoms with van der Waals surface area (Å²) in [4.78, 5) is 9.71. The maximum Gasteiger partial charge on any atom is 0.313 e. The second kappa shape index (κ2) is 6.43. The predicted molar refractivity (Wildman–Crippen MR) is 68.0 cm³/mol. The zero-order valence-corrected chi connectivity index (χ0v) is 10.9. The van der Waals surface area contributed by atoms with Crippen LogP contribution in [-0.2, 0) is 14.8 Å². The van der Waals surface area contributed by atoms with Crippen LogP contribution in [0.5, 0.6) is 0 Å². The molecule has 0 spiro atoms. The number of nitrogens with two attached hydrogens (primary N) is 1. The van der Waals surface area contributed by atoms with Gasteiger partial charge in [-0.2, -0.15) is 0 Å². The number of para-hydroxylation sites is 1. The van der Waals surface area contributed by atoms with Gasteiger partial charge in [0.2, 0.25) is 10.0 Å². The molecule has 0 saturated carbocycles. The fourth-order valence-electron chi connectivity index (χ4n) is 1.40. The van der Waals surface area contributed by atoms with Gasteiger partial charge < -0.3 is 10.2 Å². The van der Waals surface area contributed by atoms with Gasteiger partial charge in [-0.05, 0) is 12.1 Å². The van der Waals surface area contributed by atoms with Gasteiger partial charge in [-0.1, -0.05) is 6.07 Å². The molecule has 0 radical (unpaired) electrons. The number of hydrogen-bond acceptors (Lipinski definition) is 7. The zero-order chi connectivity index (χ0) is 14.5. The standard InChI is InChI=1S/C9H14N4O5S/c1-18-6-5-11-19(16,17)8-4-2-3-7(12-10)9(8)13(14)15/h2-4,11-12H,5-6,10H2,1H3. The van der Waals surface area contributed by atoms with Crippen molar-refractivity contribution in [3.8, 4) is 0 Å². The zero-order valence-electron chi connectivity index (χ0n) is 10.1. The van der Waals surface area contributed by atoms with E-state index in [1.807, 2.05) is 0 Å². The van der Waals surface area contributed by atoms with Crippen LogP contribution in [0.25, 0.3) is 0 Å². The molecule has 1 aromatic carbocycles. The fraction of sp³-hybridized carbons (Fsp3) is 0.333. The number of anilines is 1. The summed E-state index contributed by atoms with van der Waals surface area (Å²) in [6.45, 7) is 0.165. The number of rotatable bonds is 7. The summed E-state index contributed by atoms with van der Waals surface area (Å²) in [5.41, 5.74) is 1.41. The van der Waals surface area contributed by atoms with Crippen molar-refractivity contribution in [2.45, 2.75) is 4.90 Å². The van der Waals surface area contributed by atoms with Gasteiger partial charge in [0.25, 0.3) is 0 Å². The van der Waals surface area contributed by atoms with Gasteiger partial charge >= 0.3 is 5.69 Å². The smallest absolute Gasteiger partial charge is 0.313 e. The van der Waals surface area contributed by atoms with E-state index in [2.05, 4.69) is 10.1 Å². The lowest BCUT2D eigenvalue weighted by Gasteiger charge is -2.09. The lowest BCUT2D eigenvalue weighted by molar-refractivity contribution is -0.386. The summed E-state index contributed by atoms with van der Waals surface area (Å²) in [5.74, 6) is 5.13. The van der Waals surface area contributed by atoms with Gasteiger partial charge in [0.05, 0.1) is 11.5 Å². The molecule has 1 rings (SSSR count). The number of nitrogens with zero attached hydrogens (tertiary/aromatic N) is 1. The molecular weight excluding hydrogens is 276 g/mol. The molecule has 9 nitrogen and oxygen atoms in total. The summed E-state index contributed by atoms with van der Waals surface area (Å²) in [7, 11) is -2.60. The van der Waals surface area contributed by atoms with Gasteiger partial charge in [-0.3, -0.25) is 16.0 Å². The van der Waals surface area contributed by atoms with Gasteiger partial charge in [-0.25, -0.2) is 13.1 Å². The molecule has 0 aliphatic carbocycles. The molecule has 4 N–H and O–H groups in total. The third-order valence-electron chi connectivity index (χ3n) is 2.22. The quantitative estimate of drug-likeness (QED) is 0.274. The number of hydrazine groups is 1. The number of nitro groups is 1. The topological polar surface area (TPSA) is 137 Å². The predicted octanol–water partition coefficient (Wildman–Crippen LogP) is -0.195. The summed E-state index contributed by atoms with van der Waals surface area (Å²) >= 11 is 0. The second-order valence-corrected chi connectivity index (χ2v) is 5.18. The second-order valence-electron chi connectivity index (χ2n) is 3.44. The van der Waals surface area contributed by atoms with E-state index in [1.165, 1.54) is 19.2 Å². The van der Waals surface area contributed by atoms with Crippen molar-refractivity contribution in [3.63, 3.8) is 0 Å². The number of nitro benzene ring substituents is 1. The molecule has 10 heteroatoms. The Morgan fingerprint density at radius 1 is 1.47 bits per heavy atom. The van der Waals surface area contributed by atoms with Crippen LogP contribution in [-0.4, -0.2) is 33.6 Å². The minimum Gasteiger partial charge on any atom is -0.383 e. The molecule has 0 aromatic heterocycles. The molecule has 0 bridgehead atoms. The van der Waals surface area contributed by atoms with E-state index in [4.69, 9.17) is 10.6 Å². The van der Waals surface area contributed by atoms with Crippen molar-refractivity contribution in [1.82, 2.24) is 4.72 Å². The molecule has 1 aromatic rings. The molecule has 0 amide bonds. The van der Waals surface area contributed by atoms with E-state index in [1.54, 1.807) is 0 Å². The van der Waals surface area contributed by atoms with Crippen LogP contribution >= 0.6 is 0 Å². The Balaban J connectivity index is 3.22. The van der Waals surface area contributed by atoms with Crippen LogP contribution < -0.4 is 16.0 Å². The highest BCUT2D eigenvalue weighted by Crippen LogP contribution is 2.30. The van der Waals surface area contributed by atoms with E-state index in [9.17, 15) is 18.5 Å². The average Bonchev–Trinajstić information content (AvgIpc) is 2.37. The molecule has 0 saturated heterocycles. The summed E-state index contributed by atoms with van der Waals surface area (Å²) in [6.07, 6.45) is 0. The summed E-state index contributed by atoms with van der Waals surface area (Å²) in [6, 6.07) is 3.80. The lowest BCUT2D eigenvalue weighted by atomic mass is 10.3. The molecule has 0 fully saturated rings. The van der Waals surface area contributed by atoms with Crippen LogP contribution in [0.4, 0.5) is 11.4 Å². The lowest BCUT2D eigenvalue weighted by Crippen LogP contribution is -2.28. The van der Waals surface area contributed by atoms with Crippen molar-refractivity contribution in [2.75, 3.05) is 25.7 Å². The molecule has 0 aliphatic heterocycles. The van der Waals surface area contributed by atoms with E-state index in [-0.39, 0.29) is 18.8 Å². The molecule has 0 atom stereocenters. The van der Waals surface area contributed by atoms with Gasteiger partial charge in [0, 0.05) is 13.7 Å². The summed E-state index contributed by atoms with van der Waals surface area (Å²) in [5, 5.41) is 11.0. The molecule has 19 heavy (non-hydrogen) atoms. The first kappa shape index (κ1) is 15.3. The van der Waals surface area contributed by atoms with E-state index in [0.29, 0.717) is 0 Å². The average molecular weight is 290 g/mol. The number of sulfonamides is 1. The normalized spacial score (nSPS) is 11.3. The highest BCUT2D eigenvalue weighted by atomic mass is 32.2. The maximum absolute atomic E-state index is 12.0. The van der Waals surface area contributed by atoms with Crippen molar-refractivity contribution in [3.05, 3.63) is 28.3 Å². The van der Waals surface area contributed by atoms with Crippen molar-refractivity contribution >= 4 is 21.4 Å². The highest BCUT2D eigenvalue weighted by molar-refractivity contribution is 7.89. The number of nitrogens with one attached hydrogen (secondary N) is 2. The molecule has 0 aliphatic rings.